The number of carbonyl (C=O) groups is 1. The average molecular weight is 433 g/mol. The minimum absolute atomic E-state index is 0.106. The second kappa shape index (κ2) is 8.94. The number of hydrogen-bond acceptors (Lipinski definition) is 7. The zero-order valence-corrected chi connectivity index (χ0v) is 18.4. The van der Waals surface area contributed by atoms with Gasteiger partial charge in [0.05, 0.1) is 41.5 Å². The topological polar surface area (TPSA) is 66.1 Å². The van der Waals surface area contributed by atoms with Crippen molar-refractivity contribution in [3.8, 4) is 0 Å². The molecular weight excluding hydrogens is 400 g/mol. The summed E-state index contributed by atoms with van der Waals surface area (Å²) in [5.41, 5.74) is 4.72. The summed E-state index contributed by atoms with van der Waals surface area (Å²) in [6, 6.07) is 1.26. The van der Waals surface area contributed by atoms with E-state index >= 15 is 0 Å². The summed E-state index contributed by atoms with van der Waals surface area (Å²) in [5, 5.41) is 5.74. The molecular formula is C22H32N4O3S. The van der Waals surface area contributed by atoms with Crippen molar-refractivity contribution < 1.29 is 14.3 Å². The number of allylic oxidation sites excluding steroid dienone is 1. The first-order valence-corrected chi connectivity index (χ1v) is 12.1. The summed E-state index contributed by atoms with van der Waals surface area (Å²) in [6.07, 6.45) is 12.5. The summed E-state index contributed by atoms with van der Waals surface area (Å²) < 4.78 is 10.7. The smallest absolute Gasteiger partial charge is 0.257 e. The number of amides is 1. The Kier molecular flexibility index (Phi) is 6.09. The van der Waals surface area contributed by atoms with Gasteiger partial charge in [-0.15, -0.1) is 0 Å². The third-order valence-corrected chi connectivity index (χ3v) is 8.25. The lowest BCUT2D eigenvalue weighted by atomic mass is 9.90. The number of carbonyl (C=O) groups excluding carboxylic acids is 1. The molecule has 5 rings (SSSR count). The molecule has 2 saturated heterocycles. The standard InChI is InChI=1S/C22H32N4O3S/c1-15-19-14-20(30-22(19)24-26(15)18-6-10-28-11-7-18)21(27)23-16-2-4-17(5-3-16)25-8-12-29-13-9-25/h6-7,10,14-17,19,22,24H,2-5,8-9,11-13H2,1H3,(H,23,27)/t15?,16?,17?,19-,22+/m0/s1. The van der Waals surface area contributed by atoms with Crippen molar-refractivity contribution in [2.75, 3.05) is 32.9 Å². The molecule has 1 saturated carbocycles. The third-order valence-electron chi connectivity index (χ3n) is 7.00. The third kappa shape index (κ3) is 4.15. The number of hydrogen-bond donors (Lipinski definition) is 2. The van der Waals surface area contributed by atoms with Gasteiger partial charge in [-0.05, 0) is 44.8 Å². The lowest BCUT2D eigenvalue weighted by Gasteiger charge is -2.38. The van der Waals surface area contributed by atoms with Crippen molar-refractivity contribution in [1.29, 1.82) is 0 Å². The van der Waals surface area contributed by atoms with Crippen LogP contribution >= 0.6 is 11.8 Å². The second-order valence-electron chi connectivity index (χ2n) is 8.78. The number of nitrogens with one attached hydrogen (secondary N) is 2. The molecule has 4 aliphatic heterocycles. The highest BCUT2D eigenvalue weighted by Crippen LogP contribution is 2.43. The molecule has 0 spiro atoms. The molecule has 3 atom stereocenters. The predicted octanol–water partition coefficient (Wildman–Crippen LogP) is 1.96. The summed E-state index contributed by atoms with van der Waals surface area (Å²) in [4.78, 5) is 16.4. The quantitative estimate of drug-likeness (QED) is 0.704. The largest absolute Gasteiger partial charge is 0.497 e. The van der Waals surface area contributed by atoms with Gasteiger partial charge in [-0.25, -0.2) is 5.43 Å². The van der Waals surface area contributed by atoms with E-state index < -0.39 is 0 Å². The zero-order valence-electron chi connectivity index (χ0n) is 17.6. The van der Waals surface area contributed by atoms with Crippen molar-refractivity contribution in [3.05, 3.63) is 35.1 Å². The van der Waals surface area contributed by atoms with Crippen LogP contribution in [0.2, 0.25) is 0 Å². The van der Waals surface area contributed by atoms with Gasteiger partial charge in [0.25, 0.3) is 5.91 Å². The number of fused-ring (bicyclic) bond motifs is 1. The molecule has 1 amide bonds. The maximum atomic E-state index is 12.9. The van der Waals surface area contributed by atoms with Crippen LogP contribution in [0.5, 0.6) is 0 Å². The van der Waals surface area contributed by atoms with E-state index in [-0.39, 0.29) is 11.3 Å². The summed E-state index contributed by atoms with van der Waals surface area (Å²) >= 11 is 1.66. The monoisotopic (exact) mass is 432 g/mol. The number of morpholine rings is 1. The van der Waals surface area contributed by atoms with Gasteiger partial charge >= 0.3 is 0 Å². The molecule has 1 aliphatic carbocycles. The molecule has 30 heavy (non-hydrogen) atoms. The van der Waals surface area contributed by atoms with E-state index in [1.165, 1.54) is 12.8 Å². The fraction of sp³-hybridized carbons (Fsp3) is 0.682. The molecule has 0 aromatic rings. The number of hydrazine groups is 1. The summed E-state index contributed by atoms with van der Waals surface area (Å²) in [7, 11) is 0. The van der Waals surface area contributed by atoms with E-state index in [2.05, 4.69) is 39.7 Å². The van der Waals surface area contributed by atoms with Crippen molar-refractivity contribution >= 4 is 17.7 Å². The number of rotatable bonds is 4. The number of ether oxygens (including phenoxy) is 2. The Bertz CT molecular complexity index is 741. The molecule has 0 aromatic carbocycles. The Balaban J connectivity index is 1.12. The first-order valence-electron chi connectivity index (χ1n) is 11.2. The minimum atomic E-state index is 0.106. The maximum Gasteiger partial charge on any atom is 0.257 e. The molecule has 7 nitrogen and oxygen atoms in total. The van der Waals surface area contributed by atoms with Gasteiger partial charge in [-0.3, -0.25) is 9.69 Å². The lowest BCUT2D eigenvalue weighted by molar-refractivity contribution is -0.117. The first kappa shape index (κ1) is 20.4. The predicted molar refractivity (Wildman–Crippen MR) is 117 cm³/mol. The average Bonchev–Trinajstić information content (AvgIpc) is 3.35. The fourth-order valence-electron chi connectivity index (χ4n) is 5.23. The first-order chi connectivity index (χ1) is 14.7. The van der Waals surface area contributed by atoms with E-state index in [1.54, 1.807) is 18.0 Å². The molecule has 1 unspecified atom stereocenters. The Morgan fingerprint density at radius 2 is 2.03 bits per heavy atom. The van der Waals surface area contributed by atoms with Crippen LogP contribution in [0.1, 0.15) is 32.6 Å². The van der Waals surface area contributed by atoms with Gasteiger partial charge < -0.3 is 19.8 Å². The highest BCUT2D eigenvalue weighted by Gasteiger charge is 2.44. The molecule has 0 radical (unpaired) electrons. The van der Waals surface area contributed by atoms with Crippen LogP contribution in [0, 0.1) is 5.92 Å². The van der Waals surface area contributed by atoms with E-state index in [0.717, 1.165) is 49.7 Å². The van der Waals surface area contributed by atoms with Gasteiger partial charge in [0.2, 0.25) is 0 Å². The van der Waals surface area contributed by atoms with Gasteiger partial charge in [-0.2, -0.15) is 0 Å². The van der Waals surface area contributed by atoms with Crippen molar-refractivity contribution in [2.45, 2.75) is 56.1 Å². The van der Waals surface area contributed by atoms with E-state index in [0.29, 0.717) is 30.7 Å². The van der Waals surface area contributed by atoms with Crippen LogP contribution in [-0.2, 0) is 14.3 Å². The van der Waals surface area contributed by atoms with Crippen LogP contribution < -0.4 is 10.7 Å². The van der Waals surface area contributed by atoms with Crippen molar-refractivity contribution in [3.63, 3.8) is 0 Å². The van der Waals surface area contributed by atoms with E-state index in [1.807, 2.05) is 6.08 Å². The lowest BCUT2D eigenvalue weighted by Crippen LogP contribution is -2.47. The van der Waals surface area contributed by atoms with Crippen molar-refractivity contribution in [1.82, 2.24) is 20.7 Å². The van der Waals surface area contributed by atoms with Crippen LogP contribution in [-0.4, -0.2) is 72.2 Å². The molecule has 0 aromatic heterocycles. The Hall–Kier alpha value is -1.48. The van der Waals surface area contributed by atoms with Gasteiger partial charge in [0, 0.05) is 31.1 Å². The van der Waals surface area contributed by atoms with Gasteiger partial charge in [0.15, 0.2) is 0 Å². The van der Waals surface area contributed by atoms with Crippen LogP contribution in [0.25, 0.3) is 0 Å². The summed E-state index contributed by atoms with van der Waals surface area (Å²) in [6.45, 7) is 6.64. The Morgan fingerprint density at radius 3 is 2.73 bits per heavy atom. The SMILES string of the molecule is CC1[C@@H]2C=C(C(=O)NC3CCC(N4CCOCC4)CC3)S[C@H]2NN1C1=CCOC=C1. The molecule has 4 heterocycles. The highest BCUT2D eigenvalue weighted by molar-refractivity contribution is 8.04. The fourth-order valence-corrected chi connectivity index (χ4v) is 6.53. The van der Waals surface area contributed by atoms with Gasteiger partial charge in [-0.1, -0.05) is 17.8 Å². The Morgan fingerprint density at radius 1 is 1.23 bits per heavy atom. The van der Waals surface area contributed by atoms with E-state index in [9.17, 15) is 4.79 Å². The maximum absolute atomic E-state index is 12.9. The summed E-state index contributed by atoms with van der Waals surface area (Å²) in [5.74, 6) is 0.430. The normalized spacial score (nSPS) is 36.7. The molecule has 164 valence electrons. The number of nitrogens with zero attached hydrogens (tertiary/aromatic N) is 2. The van der Waals surface area contributed by atoms with Crippen LogP contribution in [0.3, 0.4) is 0 Å². The molecule has 0 bridgehead atoms. The second-order valence-corrected chi connectivity index (χ2v) is 9.96. The van der Waals surface area contributed by atoms with E-state index in [4.69, 9.17) is 9.47 Å². The van der Waals surface area contributed by atoms with Crippen molar-refractivity contribution in [2.24, 2.45) is 5.92 Å². The molecule has 2 N–H and O–H groups in total. The molecule has 5 aliphatic rings. The van der Waals surface area contributed by atoms with Gasteiger partial charge in [0.1, 0.15) is 6.61 Å². The van der Waals surface area contributed by atoms with Crippen LogP contribution in [0.15, 0.2) is 35.1 Å². The molecule has 8 heteroatoms. The number of thioether (sulfide) groups is 1. The molecule has 3 fully saturated rings. The Labute approximate surface area is 182 Å². The zero-order chi connectivity index (χ0) is 20.5. The van der Waals surface area contributed by atoms with Crippen LogP contribution in [0.4, 0.5) is 0 Å². The minimum Gasteiger partial charge on any atom is -0.497 e. The highest BCUT2D eigenvalue weighted by atomic mass is 32.2.